The second-order valence-electron chi connectivity index (χ2n) is 2.57. The fraction of sp³-hybridized carbons (Fsp3) is 1.00. The minimum atomic E-state index is 0.367. The Hall–Kier alpha value is -0.120. The highest BCUT2D eigenvalue weighted by Crippen LogP contribution is 1.92. The maximum atomic E-state index is 5.20. The van der Waals surface area contributed by atoms with Crippen LogP contribution in [0, 0.1) is 0 Å². The Balaban J connectivity index is 3.07. The number of rotatable bonds is 7. The first-order valence-corrected chi connectivity index (χ1v) is 4.23. The topological polar surface area (TPSA) is 33.3 Å². The van der Waals surface area contributed by atoms with Crippen LogP contribution in [0.1, 0.15) is 13.3 Å². The summed E-state index contributed by atoms with van der Waals surface area (Å²) in [5.74, 6) is 0. The summed E-state index contributed by atoms with van der Waals surface area (Å²) in [5.41, 5.74) is 0. The minimum absolute atomic E-state index is 0.367. The summed E-state index contributed by atoms with van der Waals surface area (Å²) in [6, 6.07) is 0. The summed E-state index contributed by atoms with van der Waals surface area (Å²) < 4.78 is 5.20. The average Bonchev–Trinajstić information content (AvgIpc) is 2.05. The van der Waals surface area contributed by atoms with E-state index in [9.17, 15) is 0 Å². The van der Waals surface area contributed by atoms with Crippen LogP contribution < -0.4 is 10.6 Å². The van der Waals surface area contributed by atoms with Gasteiger partial charge in [0.05, 0.1) is 6.10 Å². The normalized spacial score (nSPS) is 13.4. The van der Waals surface area contributed by atoms with Crippen LogP contribution in [0.5, 0.6) is 0 Å². The first-order valence-electron chi connectivity index (χ1n) is 4.23. The molecule has 0 saturated carbocycles. The van der Waals surface area contributed by atoms with Gasteiger partial charge in [0.1, 0.15) is 0 Å². The van der Waals surface area contributed by atoms with Crippen molar-refractivity contribution in [3.8, 4) is 0 Å². The van der Waals surface area contributed by atoms with Gasteiger partial charge in [0.15, 0.2) is 0 Å². The fourth-order valence-corrected chi connectivity index (χ4v) is 0.871. The molecule has 11 heavy (non-hydrogen) atoms. The SMILES string of the molecule is CCC(CNCCNC)OC. The Morgan fingerprint density at radius 2 is 2.09 bits per heavy atom. The molecule has 0 spiro atoms. The van der Waals surface area contributed by atoms with Gasteiger partial charge in [-0.2, -0.15) is 0 Å². The minimum Gasteiger partial charge on any atom is -0.380 e. The third kappa shape index (κ3) is 6.28. The summed E-state index contributed by atoms with van der Waals surface area (Å²) in [6.45, 7) is 5.11. The zero-order chi connectivity index (χ0) is 8.53. The van der Waals surface area contributed by atoms with Crippen LogP contribution in [-0.4, -0.2) is 39.9 Å². The molecular weight excluding hydrogens is 140 g/mol. The van der Waals surface area contributed by atoms with E-state index in [4.69, 9.17) is 4.74 Å². The summed E-state index contributed by atoms with van der Waals surface area (Å²) in [6.07, 6.45) is 1.44. The van der Waals surface area contributed by atoms with Gasteiger partial charge in [0.25, 0.3) is 0 Å². The highest BCUT2D eigenvalue weighted by Gasteiger charge is 2.01. The maximum absolute atomic E-state index is 5.20. The lowest BCUT2D eigenvalue weighted by Crippen LogP contribution is -2.32. The Bertz CT molecular complexity index is 74.5. The van der Waals surface area contributed by atoms with Crippen molar-refractivity contribution in [2.45, 2.75) is 19.4 Å². The van der Waals surface area contributed by atoms with Gasteiger partial charge < -0.3 is 15.4 Å². The van der Waals surface area contributed by atoms with E-state index < -0.39 is 0 Å². The first-order chi connectivity index (χ1) is 5.35. The zero-order valence-electron chi connectivity index (χ0n) is 7.81. The molecule has 0 aliphatic heterocycles. The van der Waals surface area contributed by atoms with Gasteiger partial charge in [-0.05, 0) is 13.5 Å². The first kappa shape index (κ1) is 10.9. The molecule has 1 unspecified atom stereocenters. The third-order valence-electron chi connectivity index (χ3n) is 1.71. The molecule has 2 N–H and O–H groups in total. The Kier molecular flexibility index (Phi) is 7.89. The molecule has 0 rings (SSSR count). The van der Waals surface area contributed by atoms with Crippen molar-refractivity contribution in [2.24, 2.45) is 0 Å². The molecule has 0 saturated heterocycles. The quantitative estimate of drug-likeness (QED) is 0.523. The van der Waals surface area contributed by atoms with Gasteiger partial charge in [-0.3, -0.25) is 0 Å². The van der Waals surface area contributed by atoms with Crippen LogP contribution in [0.3, 0.4) is 0 Å². The van der Waals surface area contributed by atoms with E-state index in [1.54, 1.807) is 7.11 Å². The fourth-order valence-electron chi connectivity index (χ4n) is 0.871. The molecule has 0 radical (unpaired) electrons. The predicted molar refractivity (Wildman–Crippen MR) is 47.9 cm³/mol. The van der Waals surface area contributed by atoms with Crippen molar-refractivity contribution >= 4 is 0 Å². The van der Waals surface area contributed by atoms with Crippen molar-refractivity contribution < 1.29 is 4.74 Å². The number of nitrogens with one attached hydrogen (secondary N) is 2. The lowest BCUT2D eigenvalue weighted by molar-refractivity contribution is 0.0989. The Labute approximate surface area is 69.5 Å². The molecule has 0 fully saturated rings. The molecule has 0 aromatic rings. The standard InChI is InChI=1S/C8H20N2O/c1-4-8(11-3)7-10-6-5-9-2/h8-10H,4-7H2,1-3H3. The van der Waals surface area contributed by atoms with Crippen LogP contribution in [0.15, 0.2) is 0 Å². The molecule has 1 atom stereocenters. The van der Waals surface area contributed by atoms with E-state index in [0.717, 1.165) is 26.1 Å². The van der Waals surface area contributed by atoms with Crippen LogP contribution in [0.4, 0.5) is 0 Å². The van der Waals surface area contributed by atoms with Gasteiger partial charge in [-0.25, -0.2) is 0 Å². The van der Waals surface area contributed by atoms with Crippen molar-refractivity contribution in [3.05, 3.63) is 0 Å². The number of hydrogen-bond acceptors (Lipinski definition) is 3. The molecule has 3 nitrogen and oxygen atoms in total. The summed E-state index contributed by atoms with van der Waals surface area (Å²) >= 11 is 0. The molecule has 0 aromatic carbocycles. The van der Waals surface area contributed by atoms with Crippen molar-refractivity contribution in [1.29, 1.82) is 0 Å². The largest absolute Gasteiger partial charge is 0.380 e. The van der Waals surface area contributed by atoms with Gasteiger partial charge in [0, 0.05) is 26.7 Å². The number of hydrogen-bond donors (Lipinski definition) is 2. The average molecular weight is 160 g/mol. The number of methoxy groups -OCH3 is 1. The number of likely N-dealkylation sites (N-methyl/N-ethyl adjacent to an activating group) is 1. The molecule has 0 heterocycles. The lowest BCUT2D eigenvalue weighted by Gasteiger charge is -2.13. The van der Waals surface area contributed by atoms with E-state index in [2.05, 4.69) is 17.6 Å². The predicted octanol–water partition coefficient (Wildman–Crippen LogP) is 0.220. The van der Waals surface area contributed by atoms with Gasteiger partial charge in [-0.15, -0.1) is 0 Å². The maximum Gasteiger partial charge on any atom is 0.0693 e. The monoisotopic (exact) mass is 160 g/mol. The van der Waals surface area contributed by atoms with E-state index in [1.165, 1.54) is 0 Å². The van der Waals surface area contributed by atoms with Crippen LogP contribution in [0.25, 0.3) is 0 Å². The highest BCUT2D eigenvalue weighted by molar-refractivity contribution is 4.58. The molecule has 0 aromatic heterocycles. The van der Waals surface area contributed by atoms with E-state index in [-0.39, 0.29) is 0 Å². The molecule has 0 amide bonds. The molecule has 68 valence electrons. The van der Waals surface area contributed by atoms with Crippen LogP contribution in [-0.2, 0) is 4.74 Å². The lowest BCUT2D eigenvalue weighted by atomic mass is 10.3. The smallest absolute Gasteiger partial charge is 0.0693 e. The van der Waals surface area contributed by atoms with Crippen LogP contribution in [0.2, 0.25) is 0 Å². The van der Waals surface area contributed by atoms with E-state index in [0.29, 0.717) is 6.10 Å². The Morgan fingerprint density at radius 1 is 1.36 bits per heavy atom. The molecule has 0 aliphatic rings. The summed E-state index contributed by atoms with van der Waals surface area (Å²) in [4.78, 5) is 0. The van der Waals surface area contributed by atoms with Crippen molar-refractivity contribution in [1.82, 2.24) is 10.6 Å². The van der Waals surface area contributed by atoms with E-state index in [1.807, 2.05) is 7.05 Å². The summed E-state index contributed by atoms with van der Waals surface area (Å²) in [5, 5.41) is 6.37. The second-order valence-corrected chi connectivity index (χ2v) is 2.57. The second kappa shape index (κ2) is 7.98. The molecule has 0 bridgehead atoms. The summed E-state index contributed by atoms with van der Waals surface area (Å²) in [7, 11) is 3.71. The molecule has 3 heteroatoms. The molecule has 0 aliphatic carbocycles. The van der Waals surface area contributed by atoms with Gasteiger partial charge >= 0.3 is 0 Å². The van der Waals surface area contributed by atoms with E-state index >= 15 is 0 Å². The number of ether oxygens (including phenoxy) is 1. The van der Waals surface area contributed by atoms with Crippen LogP contribution >= 0.6 is 0 Å². The third-order valence-corrected chi connectivity index (χ3v) is 1.71. The van der Waals surface area contributed by atoms with Crippen molar-refractivity contribution in [2.75, 3.05) is 33.8 Å². The zero-order valence-corrected chi connectivity index (χ0v) is 7.81. The van der Waals surface area contributed by atoms with Gasteiger partial charge in [0.2, 0.25) is 0 Å². The highest BCUT2D eigenvalue weighted by atomic mass is 16.5. The Morgan fingerprint density at radius 3 is 2.55 bits per heavy atom. The molecular formula is C8H20N2O. The van der Waals surface area contributed by atoms with Crippen molar-refractivity contribution in [3.63, 3.8) is 0 Å². The van der Waals surface area contributed by atoms with Gasteiger partial charge in [-0.1, -0.05) is 6.92 Å².